The first-order valence-electron chi connectivity index (χ1n) is 6.67. The Morgan fingerprint density at radius 2 is 2.40 bits per heavy atom. The molecule has 0 spiro atoms. The Hall–Kier alpha value is -1.21. The summed E-state index contributed by atoms with van der Waals surface area (Å²) < 4.78 is 0.603. The molecule has 0 radical (unpaired) electrons. The molecular formula is C13H19BrN4O2. The van der Waals surface area contributed by atoms with E-state index in [4.69, 9.17) is 0 Å². The van der Waals surface area contributed by atoms with Gasteiger partial charge in [0, 0.05) is 29.3 Å². The third-order valence-electron chi connectivity index (χ3n) is 3.84. The number of hydrogen-bond acceptors (Lipinski definition) is 5. The van der Waals surface area contributed by atoms with E-state index in [9.17, 15) is 10.1 Å². The van der Waals surface area contributed by atoms with Gasteiger partial charge in [0.1, 0.15) is 0 Å². The molecule has 1 fully saturated rings. The lowest BCUT2D eigenvalue weighted by Crippen LogP contribution is -2.50. The highest BCUT2D eigenvalue weighted by molar-refractivity contribution is 9.10. The third-order valence-corrected chi connectivity index (χ3v) is 4.27. The number of halogens is 1. The second-order valence-corrected chi connectivity index (χ2v) is 6.67. The highest BCUT2D eigenvalue weighted by Gasteiger charge is 2.32. The molecule has 1 aromatic rings. The van der Waals surface area contributed by atoms with E-state index < -0.39 is 4.92 Å². The maximum absolute atomic E-state index is 11.0. The van der Waals surface area contributed by atoms with Crippen LogP contribution in [0.5, 0.6) is 0 Å². The minimum atomic E-state index is -0.417. The Kier molecular flexibility index (Phi) is 4.59. The molecule has 0 aromatic carbocycles. The molecule has 110 valence electrons. The van der Waals surface area contributed by atoms with Crippen LogP contribution < -0.4 is 10.6 Å². The zero-order valence-corrected chi connectivity index (χ0v) is 13.2. The average molecular weight is 343 g/mol. The smallest absolute Gasteiger partial charge is 0.312 e. The molecule has 1 aromatic heterocycles. The van der Waals surface area contributed by atoms with Crippen LogP contribution >= 0.6 is 15.9 Å². The van der Waals surface area contributed by atoms with E-state index in [-0.39, 0.29) is 17.1 Å². The van der Waals surface area contributed by atoms with Crippen molar-refractivity contribution >= 4 is 27.4 Å². The average Bonchev–Trinajstić information content (AvgIpc) is 2.38. The van der Waals surface area contributed by atoms with Gasteiger partial charge in [-0.2, -0.15) is 0 Å². The van der Waals surface area contributed by atoms with Crippen molar-refractivity contribution in [3.63, 3.8) is 0 Å². The quantitative estimate of drug-likeness (QED) is 0.649. The third kappa shape index (κ3) is 3.46. The first kappa shape index (κ1) is 15.2. The van der Waals surface area contributed by atoms with Gasteiger partial charge in [-0.05, 0) is 40.7 Å². The van der Waals surface area contributed by atoms with Gasteiger partial charge in [-0.15, -0.1) is 0 Å². The van der Waals surface area contributed by atoms with Crippen molar-refractivity contribution in [3.05, 3.63) is 26.9 Å². The highest BCUT2D eigenvalue weighted by atomic mass is 79.9. The molecule has 2 rings (SSSR count). The van der Waals surface area contributed by atoms with Gasteiger partial charge in [0.05, 0.1) is 4.92 Å². The number of nitro groups is 1. The van der Waals surface area contributed by atoms with Gasteiger partial charge in [0.15, 0.2) is 0 Å². The zero-order valence-electron chi connectivity index (χ0n) is 11.6. The summed E-state index contributed by atoms with van der Waals surface area (Å²) in [5, 5.41) is 17.6. The van der Waals surface area contributed by atoms with E-state index in [0.717, 1.165) is 13.0 Å². The Bertz CT molecular complexity index is 507. The standard InChI is InChI=1S/C13H19BrN4O2/c1-13(2)4-3-5-15-11(13)8-17-12-10(18(19)20)6-9(14)7-16-12/h6-7,11,15H,3-5,8H2,1-2H3,(H,16,17). The summed E-state index contributed by atoms with van der Waals surface area (Å²) in [5.41, 5.74) is 0.169. The predicted molar refractivity (Wildman–Crippen MR) is 81.9 cm³/mol. The Balaban J connectivity index is 2.09. The fraction of sp³-hybridized carbons (Fsp3) is 0.615. The first-order chi connectivity index (χ1) is 9.40. The van der Waals surface area contributed by atoms with Crippen molar-refractivity contribution < 1.29 is 4.92 Å². The summed E-state index contributed by atoms with van der Waals surface area (Å²) in [6, 6.07) is 1.75. The number of aromatic nitrogens is 1. The Labute approximate surface area is 126 Å². The van der Waals surface area contributed by atoms with E-state index in [2.05, 4.69) is 45.4 Å². The van der Waals surface area contributed by atoms with Crippen LogP contribution in [0.4, 0.5) is 11.5 Å². The molecule has 20 heavy (non-hydrogen) atoms. The van der Waals surface area contributed by atoms with Crippen LogP contribution in [0.1, 0.15) is 26.7 Å². The van der Waals surface area contributed by atoms with Gasteiger partial charge in [0.25, 0.3) is 0 Å². The van der Waals surface area contributed by atoms with Crippen LogP contribution in [0.15, 0.2) is 16.7 Å². The molecule has 2 N–H and O–H groups in total. The monoisotopic (exact) mass is 342 g/mol. The maximum Gasteiger partial charge on any atom is 0.312 e. The molecule has 6 nitrogen and oxygen atoms in total. The van der Waals surface area contributed by atoms with Crippen LogP contribution in [-0.4, -0.2) is 29.0 Å². The molecular weight excluding hydrogens is 324 g/mol. The van der Waals surface area contributed by atoms with E-state index >= 15 is 0 Å². The topological polar surface area (TPSA) is 80.1 Å². The fourth-order valence-corrected chi connectivity index (χ4v) is 2.84. The van der Waals surface area contributed by atoms with E-state index in [1.54, 1.807) is 6.20 Å². The van der Waals surface area contributed by atoms with Crippen molar-refractivity contribution in [1.82, 2.24) is 10.3 Å². The summed E-state index contributed by atoms with van der Waals surface area (Å²) in [6.07, 6.45) is 3.89. The predicted octanol–water partition coefficient (Wildman–Crippen LogP) is 2.94. The summed E-state index contributed by atoms with van der Waals surface area (Å²) in [6.45, 7) is 6.05. The largest absolute Gasteiger partial charge is 0.363 e. The van der Waals surface area contributed by atoms with Crippen LogP contribution in [0.2, 0.25) is 0 Å². The maximum atomic E-state index is 11.0. The first-order valence-corrected chi connectivity index (χ1v) is 7.46. The molecule has 0 bridgehead atoms. The van der Waals surface area contributed by atoms with Crippen molar-refractivity contribution in [1.29, 1.82) is 0 Å². The molecule has 1 saturated heterocycles. The normalized spacial score (nSPS) is 21.4. The number of pyridine rings is 1. The van der Waals surface area contributed by atoms with E-state index in [1.807, 2.05) is 0 Å². The molecule has 1 aliphatic rings. The fourth-order valence-electron chi connectivity index (χ4n) is 2.52. The lowest BCUT2D eigenvalue weighted by molar-refractivity contribution is -0.384. The number of anilines is 1. The number of rotatable bonds is 4. The summed E-state index contributed by atoms with van der Waals surface area (Å²) >= 11 is 3.20. The van der Waals surface area contributed by atoms with Crippen molar-refractivity contribution in [3.8, 4) is 0 Å². The molecule has 0 aliphatic carbocycles. The summed E-state index contributed by atoms with van der Waals surface area (Å²) in [4.78, 5) is 14.7. The lowest BCUT2D eigenvalue weighted by atomic mass is 9.77. The van der Waals surface area contributed by atoms with Crippen molar-refractivity contribution in [2.45, 2.75) is 32.7 Å². The van der Waals surface area contributed by atoms with Gasteiger partial charge in [-0.25, -0.2) is 4.98 Å². The van der Waals surface area contributed by atoms with E-state index in [1.165, 1.54) is 12.5 Å². The van der Waals surface area contributed by atoms with Gasteiger partial charge in [-0.3, -0.25) is 10.1 Å². The number of hydrogen-bond donors (Lipinski definition) is 2. The molecule has 1 aliphatic heterocycles. The molecule has 0 saturated carbocycles. The molecule has 2 heterocycles. The minimum absolute atomic E-state index is 0.00649. The van der Waals surface area contributed by atoms with Crippen molar-refractivity contribution in [2.75, 3.05) is 18.4 Å². The molecule has 1 unspecified atom stereocenters. The minimum Gasteiger partial charge on any atom is -0.363 e. The molecule has 0 amide bonds. The van der Waals surface area contributed by atoms with Crippen molar-refractivity contribution in [2.24, 2.45) is 5.41 Å². The highest BCUT2D eigenvalue weighted by Crippen LogP contribution is 2.31. The van der Waals surface area contributed by atoms with Gasteiger partial charge >= 0.3 is 5.69 Å². The SMILES string of the molecule is CC1(C)CCCNC1CNc1ncc(Br)cc1[N+](=O)[O-]. The van der Waals surface area contributed by atoms with Crippen LogP contribution in [0, 0.1) is 15.5 Å². The van der Waals surface area contributed by atoms with Crippen LogP contribution in [0.25, 0.3) is 0 Å². The van der Waals surface area contributed by atoms with Gasteiger partial charge in [0.2, 0.25) is 5.82 Å². The number of piperidine rings is 1. The molecule has 7 heteroatoms. The second kappa shape index (κ2) is 6.05. The van der Waals surface area contributed by atoms with Gasteiger partial charge < -0.3 is 10.6 Å². The lowest BCUT2D eigenvalue weighted by Gasteiger charge is -2.39. The Morgan fingerprint density at radius 1 is 1.65 bits per heavy atom. The van der Waals surface area contributed by atoms with Crippen LogP contribution in [0.3, 0.4) is 0 Å². The number of nitrogens with zero attached hydrogens (tertiary/aromatic N) is 2. The zero-order chi connectivity index (χ0) is 14.8. The van der Waals surface area contributed by atoms with E-state index in [0.29, 0.717) is 16.8 Å². The number of nitrogens with one attached hydrogen (secondary N) is 2. The summed E-state index contributed by atoms with van der Waals surface area (Å²) in [5.74, 6) is 0.321. The second-order valence-electron chi connectivity index (χ2n) is 5.76. The Morgan fingerprint density at radius 3 is 3.05 bits per heavy atom. The molecule has 1 atom stereocenters. The van der Waals surface area contributed by atoms with Gasteiger partial charge in [-0.1, -0.05) is 13.8 Å². The summed E-state index contributed by atoms with van der Waals surface area (Å²) in [7, 11) is 0. The van der Waals surface area contributed by atoms with Crippen LogP contribution in [-0.2, 0) is 0 Å².